The first-order valence-electron chi connectivity index (χ1n) is 31.5. The van der Waals surface area contributed by atoms with Crippen LogP contribution in [0.2, 0.25) is 0 Å². The second-order valence-electron chi connectivity index (χ2n) is 24.5. The molecule has 7 atom stereocenters. The van der Waals surface area contributed by atoms with Crippen LogP contribution in [-0.4, -0.2) is 153 Å². The number of nitrogens with one attached hydrogen (secondary N) is 8. The molecular weight excluding hydrogens is 1180 g/mol. The van der Waals surface area contributed by atoms with Gasteiger partial charge in [0.25, 0.3) is 11.8 Å². The van der Waals surface area contributed by atoms with Crippen LogP contribution in [0.5, 0.6) is 5.75 Å². The lowest BCUT2D eigenvalue weighted by molar-refractivity contribution is -0.141. The van der Waals surface area contributed by atoms with Gasteiger partial charge in [-0.1, -0.05) is 109 Å². The Hall–Kier alpha value is -8.61. The smallest absolute Gasteiger partial charge is 0.270 e. The minimum atomic E-state index is -3.36. The third-order valence-electron chi connectivity index (χ3n) is 16.7. The molecule has 5 heterocycles. The number of carbonyl (C=O) groups is 5. The Kier molecular flexibility index (Phi) is 24.3. The highest BCUT2D eigenvalue weighted by molar-refractivity contribution is 7.92. The molecule has 3 aromatic carbocycles. The Morgan fingerprint density at radius 3 is 2.20 bits per heavy atom. The number of ether oxygens (including phenoxy) is 1. The van der Waals surface area contributed by atoms with Gasteiger partial charge in [0.1, 0.15) is 29.6 Å². The number of nitrogens with zero attached hydrogens (tertiary/aromatic N) is 5. The van der Waals surface area contributed by atoms with Gasteiger partial charge in [-0.3, -0.25) is 33.7 Å². The van der Waals surface area contributed by atoms with E-state index in [2.05, 4.69) is 75.0 Å². The van der Waals surface area contributed by atoms with Crippen LogP contribution >= 0.6 is 0 Å². The summed E-state index contributed by atoms with van der Waals surface area (Å²) >= 11 is 0. The van der Waals surface area contributed by atoms with Crippen molar-refractivity contribution in [1.82, 2.24) is 51.1 Å². The molecule has 24 heteroatoms. The zero-order valence-corrected chi connectivity index (χ0v) is 53.8. The molecule has 1 saturated heterocycles. The van der Waals surface area contributed by atoms with E-state index < -0.39 is 69.9 Å². The third kappa shape index (κ3) is 19.5. The third-order valence-corrected chi connectivity index (χ3v) is 17.4. The lowest BCUT2D eigenvalue weighted by Gasteiger charge is -2.37. The van der Waals surface area contributed by atoms with Gasteiger partial charge in [-0.15, -0.1) is 0 Å². The van der Waals surface area contributed by atoms with Crippen molar-refractivity contribution in [2.75, 3.05) is 54.0 Å². The minimum Gasteiger partial charge on any atom is -0.483 e. The standard InChI is InChI=1S/C45H61N7O7.C22H28N6O3S/c1-5-29(4)40(45(58)48-25-32-18-11-12-21-47-32)52-44(57)39(28(2)3)42(55)41(54)35(22-30-14-7-6-8-15-30)51-43(56)36(23-33-24-46-27-49-33)50-38(53)26-59-37-20-13-17-31-16-9-10-19-34(31)37;1-15(2)24-19-5-4-8-23-21(19)27-9-11-28(12-10-27)22(29)20-14-16-13-17(26-32(3,30)31)6-7-18(16)25-20/h9-13,16-21,24,27-30,35-36,39-42,54-55H,5-8,14-15,22-23,25-26H2,1-4H3,(H,46,49)(H,48,58)(H,50,53)(H,51,56)(H,52,57);4-8,13-15,24-26H,9-12H2,1-3H3/t29?,35-,36-,39+,40-,41+,42+;/m0./s1. The maximum Gasteiger partial charge on any atom is 0.270 e. The molecule has 23 nitrogen and oxygen atoms in total. The molecule has 4 aromatic heterocycles. The van der Waals surface area contributed by atoms with Crippen LogP contribution in [0.1, 0.15) is 108 Å². The molecule has 7 aromatic rings. The van der Waals surface area contributed by atoms with Crippen molar-refractivity contribution in [2.45, 2.75) is 136 Å². The predicted octanol–water partition coefficient (Wildman–Crippen LogP) is 7.08. The summed E-state index contributed by atoms with van der Waals surface area (Å²) in [6.07, 6.45) is 10.3. The highest BCUT2D eigenvalue weighted by Gasteiger charge is 2.42. The molecule has 1 unspecified atom stereocenters. The van der Waals surface area contributed by atoms with Crippen molar-refractivity contribution < 1.29 is 47.3 Å². The molecule has 0 bridgehead atoms. The molecular formula is C67H89N13O10S. The van der Waals surface area contributed by atoms with Crippen molar-refractivity contribution in [3.63, 3.8) is 0 Å². The highest BCUT2D eigenvalue weighted by Crippen LogP contribution is 2.32. The van der Waals surface area contributed by atoms with Gasteiger partial charge < -0.3 is 61.3 Å². The zero-order chi connectivity index (χ0) is 65.2. The molecule has 1 aliphatic carbocycles. The maximum absolute atomic E-state index is 14.2. The predicted molar refractivity (Wildman–Crippen MR) is 352 cm³/mol. The van der Waals surface area contributed by atoms with E-state index in [1.165, 1.54) is 6.33 Å². The van der Waals surface area contributed by atoms with E-state index in [0.29, 0.717) is 73.6 Å². The van der Waals surface area contributed by atoms with Crippen LogP contribution in [0.15, 0.2) is 122 Å². The summed E-state index contributed by atoms with van der Waals surface area (Å²) in [7, 11) is -3.36. The number of anilines is 3. The van der Waals surface area contributed by atoms with E-state index in [9.17, 15) is 42.6 Å². The second-order valence-corrected chi connectivity index (χ2v) is 26.2. The number of aromatic nitrogens is 5. The van der Waals surface area contributed by atoms with E-state index in [-0.39, 0.29) is 43.2 Å². The number of pyridine rings is 2. The van der Waals surface area contributed by atoms with Gasteiger partial charge in [0, 0.05) is 84.9 Å². The Labute approximate surface area is 532 Å². The summed E-state index contributed by atoms with van der Waals surface area (Å²) in [6.45, 7) is 13.9. The molecule has 2 fully saturated rings. The van der Waals surface area contributed by atoms with Gasteiger partial charge in [0.2, 0.25) is 27.7 Å². The average molecular weight is 1270 g/mol. The number of H-pyrrole nitrogens is 2. The van der Waals surface area contributed by atoms with E-state index >= 15 is 0 Å². The Morgan fingerprint density at radius 2 is 1.51 bits per heavy atom. The van der Waals surface area contributed by atoms with Crippen LogP contribution in [0.25, 0.3) is 21.7 Å². The van der Waals surface area contributed by atoms with Crippen LogP contribution < -0.4 is 40.9 Å². The van der Waals surface area contributed by atoms with E-state index in [1.807, 2.05) is 73.3 Å². The lowest BCUT2D eigenvalue weighted by atomic mass is 9.79. The lowest BCUT2D eigenvalue weighted by Crippen LogP contribution is -2.59. The number of imidazole rings is 1. The molecule has 0 spiro atoms. The van der Waals surface area contributed by atoms with Gasteiger partial charge in [0.15, 0.2) is 12.4 Å². The summed E-state index contributed by atoms with van der Waals surface area (Å²) in [5.41, 5.74) is 4.00. The first-order chi connectivity index (χ1) is 43.6. The van der Waals surface area contributed by atoms with Crippen LogP contribution in [0.3, 0.4) is 0 Å². The maximum atomic E-state index is 14.2. The van der Waals surface area contributed by atoms with Crippen molar-refractivity contribution in [3.05, 3.63) is 139 Å². The highest BCUT2D eigenvalue weighted by atomic mass is 32.2. The fraction of sp³-hybridized carbons (Fsp3) is 0.463. The molecule has 5 amide bonds. The number of amides is 5. The van der Waals surface area contributed by atoms with Crippen molar-refractivity contribution in [2.24, 2.45) is 23.7 Å². The Morgan fingerprint density at radius 1 is 0.769 bits per heavy atom. The first kappa shape index (κ1) is 68.3. The number of hydrogen-bond donors (Lipinski definition) is 10. The molecule has 1 aliphatic heterocycles. The average Bonchev–Trinajstić information content (AvgIpc) is 1.87. The molecule has 0 radical (unpaired) electrons. The fourth-order valence-electron chi connectivity index (χ4n) is 11.8. The number of aliphatic hydroxyl groups is 2. The Balaban J connectivity index is 0.000000279. The molecule has 2 aliphatic rings. The normalized spacial score (nSPS) is 16.1. The Bertz CT molecular complexity index is 3620. The van der Waals surface area contributed by atoms with Gasteiger partial charge >= 0.3 is 0 Å². The second kappa shape index (κ2) is 32.4. The number of rotatable bonds is 27. The monoisotopic (exact) mass is 1270 g/mol. The van der Waals surface area contributed by atoms with Crippen LogP contribution in [0.4, 0.5) is 17.2 Å². The van der Waals surface area contributed by atoms with E-state index in [0.717, 1.165) is 71.5 Å². The molecule has 1 saturated carbocycles. The first-order valence-corrected chi connectivity index (χ1v) is 33.4. The molecule has 488 valence electrons. The number of carbonyl (C=O) groups excluding carboxylic acids is 5. The molecule has 10 N–H and O–H groups in total. The quantitative estimate of drug-likeness (QED) is 0.0246. The summed E-state index contributed by atoms with van der Waals surface area (Å²) < 4.78 is 31.3. The number of fused-ring (bicyclic) bond motifs is 2. The van der Waals surface area contributed by atoms with Gasteiger partial charge in [-0.2, -0.15) is 0 Å². The summed E-state index contributed by atoms with van der Waals surface area (Å²) in [6, 6.07) is 26.8. The van der Waals surface area contributed by atoms with Crippen molar-refractivity contribution >= 4 is 78.4 Å². The largest absolute Gasteiger partial charge is 0.483 e. The van der Waals surface area contributed by atoms with Crippen molar-refractivity contribution in [3.8, 4) is 5.75 Å². The number of aromatic amines is 2. The summed E-state index contributed by atoms with van der Waals surface area (Å²) in [5.74, 6) is -2.35. The topological polar surface area (TPSA) is 318 Å². The minimum absolute atomic E-state index is 0.0665. The fourth-order valence-corrected chi connectivity index (χ4v) is 12.4. The molecule has 9 rings (SSSR count). The van der Waals surface area contributed by atoms with E-state index in [1.54, 1.807) is 74.9 Å². The summed E-state index contributed by atoms with van der Waals surface area (Å²) in [5, 5.41) is 41.4. The molecule has 91 heavy (non-hydrogen) atoms. The summed E-state index contributed by atoms with van der Waals surface area (Å²) in [4.78, 5) is 91.3. The number of hydrogen-bond acceptors (Lipinski definition) is 15. The van der Waals surface area contributed by atoms with Crippen LogP contribution in [0, 0.1) is 23.7 Å². The van der Waals surface area contributed by atoms with Gasteiger partial charge in [-0.05, 0) is 98.0 Å². The van der Waals surface area contributed by atoms with Gasteiger partial charge in [-0.25, -0.2) is 18.4 Å². The number of sulfonamides is 1. The van der Waals surface area contributed by atoms with Crippen LogP contribution in [-0.2, 0) is 42.2 Å². The van der Waals surface area contributed by atoms with E-state index in [4.69, 9.17) is 4.74 Å². The number of aliphatic hydroxyl groups excluding tert-OH is 2. The van der Waals surface area contributed by atoms with Gasteiger partial charge in [0.05, 0.1) is 48.6 Å². The SMILES string of the molecule is CC(C)Nc1cccnc1N1CCN(C(=O)c2cc3cc(NS(C)(=O)=O)ccc3[nH]2)CC1.CCC(C)[C@H](NC(=O)[C@H](C(C)C)[C@@H](O)[C@H](O)[C@H](CC1CCCCC1)NC(=O)[C@H](Cc1cnc[nH]1)NC(=O)COc1cccc2ccccc12)C(=O)NCc1ccccn1. The zero-order valence-electron chi connectivity index (χ0n) is 53.0. The number of piperazine rings is 1. The number of benzene rings is 3. The van der Waals surface area contributed by atoms with Crippen molar-refractivity contribution in [1.29, 1.82) is 0 Å².